The zero-order chi connectivity index (χ0) is 17.0. The molecular formula is C15H18N2O5S. The van der Waals surface area contributed by atoms with Gasteiger partial charge in [-0.15, -0.1) is 4.72 Å². The Bertz CT molecular complexity index is 681. The lowest BCUT2D eigenvalue weighted by atomic mass is 10.0. The van der Waals surface area contributed by atoms with Crippen LogP contribution < -0.4 is 14.8 Å². The van der Waals surface area contributed by atoms with Gasteiger partial charge in [-0.1, -0.05) is 12.1 Å². The Balaban J connectivity index is 2.01. The van der Waals surface area contributed by atoms with Crippen LogP contribution in [0.3, 0.4) is 0 Å². The Morgan fingerprint density at radius 2 is 2.09 bits per heavy atom. The maximum absolute atomic E-state index is 12.1. The van der Waals surface area contributed by atoms with E-state index in [-0.39, 0.29) is 5.09 Å². The van der Waals surface area contributed by atoms with E-state index in [1.165, 1.54) is 19.4 Å². The van der Waals surface area contributed by atoms with Gasteiger partial charge >= 0.3 is 11.1 Å². The topological polar surface area (TPSA) is 107 Å². The average Bonchev–Trinajstić information content (AvgIpc) is 2.97. The number of urea groups is 1. The number of furan rings is 1. The summed E-state index contributed by atoms with van der Waals surface area (Å²) in [6.07, 6.45) is 1.30. The molecule has 1 aromatic carbocycles. The number of aliphatic hydroxyl groups is 1. The average molecular weight is 338 g/mol. The molecule has 0 aliphatic rings. The van der Waals surface area contributed by atoms with Crippen molar-refractivity contribution >= 4 is 23.1 Å². The number of ether oxygens (including phenoxy) is 1. The summed E-state index contributed by atoms with van der Waals surface area (Å²) in [5, 5.41) is 12.4. The lowest BCUT2D eigenvalue weighted by Gasteiger charge is -2.13. The molecule has 2 rings (SSSR count). The summed E-state index contributed by atoms with van der Waals surface area (Å²) in [7, 11) is 1.48. The second-order valence-electron chi connectivity index (χ2n) is 5.24. The number of carbonyl (C=O) groups is 1. The highest BCUT2D eigenvalue weighted by Crippen LogP contribution is 2.25. The van der Waals surface area contributed by atoms with Crippen LogP contribution in [0.25, 0.3) is 0 Å². The molecule has 1 heterocycles. The molecule has 0 aliphatic heterocycles. The molecule has 8 heteroatoms. The van der Waals surface area contributed by atoms with Crippen molar-refractivity contribution in [2.45, 2.75) is 24.5 Å². The van der Waals surface area contributed by atoms with Crippen molar-refractivity contribution in [1.82, 2.24) is 4.72 Å². The largest absolute Gasteiger partial charge is 0.585 e. The van der Waals surface area contributed by atoms with Crippen molar-refractivity contribution in [3.8, 4) is 5.75 Å². The molecule has 2 aromatic rings. The van der Waals surface area contributed by atoms with Gasteiger partial charge in [0.25, 0.3) is 0 Å². The highest BCUT2D eigenvalue weighted by Gasteiger charge is 2.25. The van der Waals surface area contributed by atoms with E-state index in [2.05, 4.69) is 10.0 Å². The predicted molar refractivity (Wildman–Crippen MR) is 85.5 cm³/mol. The SMILES string of the molecule is COc1ccccc1NC(=O)N[S+]([O-])c1cc(C(C)(C)O)co1. The monoisotopic (exact) mass is 338 g/mol. The van der Waals surface area contributed by atoms with Crippen LogP contribution >= 0.6 is 0 Å². The Morgan fingerprint density at radius 3 is 2.70 bits per heavy atom. The molecule has 0 saturated carbocycles. The molecule has 1 atom stereocenters. The highest BCUT2D eigenvalue weighted by atomic mass is 32.2. The van der Waals surface area contributed by atoms with Crippen LogP contribution in [-0.4, -0.2) is 22.8 Å². The Labute approximate surface area is 137 Å². The zero-order valence-electron chi connectivity index (χ0n) is 13.0. The number of carbonyl (C=O) groups excluding carboxylic acids is 1. The van der Waals surface area contributed by atoms with Crippen LogP contribution in [-0.2, 0) is 17.0 Å². The standard InChI is InChI=1S/C15H18N2O5S/c1-15(2,19)10-8-13(22-9-10)23(20)17-14(18)16-11-6-4-5-7-12(11)21-3/h4-9,19H,1-3H3,(H2,16,17,18). The Kier molecular flexibility index (Phi) is 5.19. The van der Waals surface area contributed by atoms with E-state index in [1.54, 1.807) is 38.1 Å². The van der Waals surface area contributed by atoms with Crippen molar-refractivity contribution in [3.63, 3.8) is 0 Å². The fourth-order valence-electron chi connectivity index (χ4n) is 1.76. The van der Waals surface area contributed by atoms with Crippen molar-refractivity contribution in [3.05, 3.63) is 42.2 Å². The third-order valence-electron chi connectivity index (χ3n) is 3.01. The Morgan fingerprint density at radius 1 is 1.39 bits per heavy atom. The van der Waals surface area contributed by atoms with E-state index in [0.29, 0.717) is 17.0 Å². The maximum Gasteiger partial charge on any atom is 0.361 e. The van der Waals surface area contributed by atoms with Crippen molar-refractivity contribution in [2.75, 3.05) is 12.4 Å². The second kappa shape index (κ2) is 6.95. The highest BCUT2D eigenvalue weighted by molar-refractivity contribution is 7.89. The summed E-state index contributed by atoms with van der Waals surface area (Å²) in [5.74, 6) is 0.482. The zero-order valence-corrected chi connectivity index (χ0v) is 13.8. The van der Waals surface area contributed by atoms with E-state index in [9.17, 15) is 14.5 Å². The molecule has 2 amide bonds. The molecule has 0 saturated heterocycles. The molecule has 1 aromatic heterocycles. The van der Waals surface area contributed by atoms with Gasteiger partial charge in [0.2, 0.25) is 0 Å². The normalized spacial score (nSPS) is 12.6. The molecule has 0 spiro atoms. The van der Waals surface area contributed by atoms with Crippen LogP contribution in [0.15, 0.2) is 46.1 Å². The van der Waals surface area contributed by atoms with E-state index in [0.717, 1.165) is 0 Å². The van der Waals surface area contributed by atoms with Gasteiger partial charge < -0.3 is 24.1 Å². The summed E-state index contributed by atoms with van der Waals surface area (Å²) in [4.78, 5) is 11.9. The van der Waals surface area contributed by atoms with Gasteiger partial charge in [-0.3, -0.25) is 0 Å². The first-order chi connectivity index (χ1) is 10.8. The first-order valence-electron chi connectivity index (χ1n) is 6.75. The van der Waals surface area contributed by atoms with E-state index >= 15 is 0 Å². The van der Waals surface area contributed by atoms with E-state index in [4.69, 9.17) is 9.15 Å². The van der Waals surface area contributed by atoms with Gasteiger partial charge in [-0.2, -0.15) is 0 Å². The quantitative estimate of drug-likeness (QED) is 0.726. The fourth-order valence-corrected chi connectivity index (χ4v) is 2.45. The number of nitrogens with one attached hydrogen (secondary N) is 2. The molecule has 3 N–H and O–H groups in total. The lowest BCUT2D eigenvalue weighted by Crippen LogP contribution is -2.34. The number of para-hydroxylation sites is 2. The number of benzene rings is 1. The molecule has 0 aliphatic carbocycles. The summed E-state index contributed by atoms with van der Waals surface area (Å²) >= 11 is -1.89. The molecule has 124 valence electrons. The summed E-state index contributed by atoms with van der Waals surface area (Å²) in [6.45, 7) is 3.15. The van der Waals surface area contributed by atoms with Gasteiger partial charge in [0.1, 0.15) is 23.4 Å². The number of amides is 2. The number of methoxy groups -OCH3 is 1. The summed E-state index contributed by atoms with van der Waals surface area (Å²) < 4.78 is 24.6. The van der Waals surface area contributed by atoms with Crippen LogP contribution in [0.4, 0.5) is 10.5 Å². The minimum Gasteiger partial charge on any atom is -0.585 e. The number of hydrogen-bond acceptors (Lipinski definition) is 5. The van der Waals surface area contributed by atoms with Crippen LogP contribution in [0.2, 0.25) is 0 Å². The van der Waals surface area contributed by atoms with E-state index in [1.807, 2.05) is 0 Å². The van der Waals surface area contributed by atoms with Gasteiger partial charge in [0.05, 0.1) is 18.4 Å². The molecule has 23 heavy (non-hydrogen) atoms. The van der Waals surface area contributed by atoms with Crippen molar-refractivity contribution in [2.24, 2.45) is 0 Å². The molecule has 0 fully saturated rings. The lowest BCUT2D eigenvalue weighted by molar-refractivity contribution is 0.0779. The molecule has 7 nitrogen and oxygen atoms in total. The first-order valence-corrected chi connectivity index (χ1v) is 7.90. The minimum absolute atomic E-state index is 0.0392. The van der Waals surface area contributed by atoms with Crippen molar-refractivity contribution < 1.29 is 23.6 Å². The first kappa shape index (κ1) is 17.2. The second-order valence-corrected chi connectivity index (χ2v) is 6.38. The minimum atomic E-state index is -1.89. The molecular weight excluding hydrogens is 320 g/mol. The van der Waals surface area contributed by atoms with Crippen LogP contribution in [0, 0.1) is 0 Å². The smallest absolute Gasteiger partial charge is 0.361 e. The van der Waals surface area contributed by atoms with Crippen LogP contribution in [0.5, 0.6) is 5.75 Å². The van der Waals surface area contributed by atoms with Crippen molar-refractivity contribution in [1.29, 1.82) is 0 Å². The predicted octanol–water partition coefficient (Wildman–Crippen LogP) is 2.36. The van der Waals surface area contributed by atoms with E-state index < -0.39 is 23.0 Å². The molecule has 1 unspecified atom stereocenters. The molecule has 0 bridgehead atoms. The number of anilines is 1. The third kappa shape index (κ3) is 4.41. The van der Waals surface area contributed by atoms with Gasteiger partial charge in [-0.25, -0.2) is 4.79 Å². The third-order valence-corrected chi connectivity index (χ3v) is 3.96. The molecule has 0 radical (unpaired) electrons. The number of hydrogen-bond donors (Lipinski definition) is 3. The van der Waals surface area contributed by atoms with Gasteiger partial charge in [-0.05, 0) is 26.0 Å². The maximum atomic E-state index is 12.1. The fraction of sp³-hybridized carbons (Fsp3) is 0.267. The van der Waals surface area contributed by atoms with Gasteiger partial charge in [0, 0.05) is 11.6 Å². The van der Waals surface area contributed by atoms with Gasteiger partial charge in [0.15, 0.2) is 0 Å². The van der Waals surface area contributed by atoms with Crippen LogP contribution in [0.1, 0.15) is 19.4 Å². The number of rotatable bonds is 5. The Hall–Kier alpha value is -2.16. The summed E-state index contributed by atoms with van der Waals surface area (Å²) in [5.41, 5.74) is -0.208. The summed E-state index contributed by atoms with van der Waals surface area (Å²) in [6, 6.07) is 7.60.